The summed E-state index contributed by atoms with van der Waals surface area (Å²) in [6, 6.07) is 62.0. The van der Waals surface area contributed by atoms with Gasteiger partial charge in [-0.1, -0.05) is 160 Å². The van der Waals surface area contributed by atoms with Crippen molar-refractivity contribution in [3.8, 4) is 45.0 Å². The summed E-state index contributed by atoms with van der Waals surface area (Å²) in [5, 5.41) is 49.7. The molecule has 11 aromatic rings. The van der Waals surface area contributed by atoms with Crippen molar-refractivity contribution in [1.82, 2.24) is 35.9 Å². The number of aryl methyl sites for hydroxylation is 4. The van der Waals surface area contributed by atoms with E-state index in [9.17, 15) is 53.7 Å². The Morgan fingerprint density at radius 2 is 0.728 bits per heavy atom. The highest BCUT2D eigenvalue weighted by Gasteiger charge is 2.33. The number of benzene rings is 7. The minimum atomic E-state index is -1.21. The van der Waals surface area contributed by atoms with Gasteiger partial charge in [0.1, 0.15) is 22.3 Å². The maximum atomic E-state index is 12.2. The Morgan fingerprint density at radius 3 is 1.05 bits per heavy atom. The molecule has 4 unspecified atom stereocenters. The summed E-state index contributed by atoms with van der Waals surface area (Å²) in [7, 11) is 0. The van der Waals surface area contributed by atoms with Crippen molar-refractivity contribution in [2.24, 2.45) is 28.9 Å². The number of nitrogens with one attached hydrogen (secondary N) is 7. The SMILES string of the molecule is CCc1cc(C(=O)O)c(=O)[nH]c1-c1ccc(N2CCC(C)(CN)C2)cc1.CCc1cc(C(=O)O)c(=O)[nH]c1-c1ccc(N2CCC(CNCc3ccc(Cl)cc3)C2)cc1.CCc1cc(C(=O)O)c(=O)[nH]c1-c1ccc(N2CCC(CNCc3cccc(Cl)c3)C2)cc1.CCc1cc(C(=O)O)c(=O)[nH]c1-c1ccc(N2CCC(CNCc3ccccc3Cl)C2)cc1. The number of carboxylic acid groups (broad SMARTS) is 4. The van der Waals surface area contributed by atoms with Crippen molar-refractivity contribution in [2.75, 3.05) is 98.1 Å². The van der Waals surface area contributed by atoms with Gasteiger partial charge in [0.15, 0.2) is 0 Å². The van der Waals surface area contributed by atoms with Crippen molar-refractivity contribution in [2.45, 2.75) is 106 Å². The summed E-state index contributed by atoms with van der Waals surface area (Å²) in [6.07, 6.45) is 7.00. The van der Waals surface area contributed by atoms with Gasteiger partial charge in [0.2, 0.25) is 0 Å². The van der Waals surface area contributed by atoms with Gasteiger partial charge in [-0.15, -0.1) is 0 Å². The third kappa shape index (κ3) is 24.0. The number of nitrogens with two attached hydrogens (primary N) is 1. The van der Waals surface area contributed by atoms with E-state index in [1.54, 1.807) is 0 Å². The predicted molar refractivity (Wildman–Crippen MR) is 500 cm³/mol. The fourth-order valence-electron chi connectivity index (χ4n) is 16.7. The monoisotopic (exact) mass is 1750 g/mol. The smallest absolute Gasteiger partial charge is 0.341 e. The number of carboxylic acids is 4. The molecule has 4 aliphatic rings. The Balaban J connectivity index is 0.000000152. The van der Waals surface area contributed by atoms with E-state index in [4.69, 9.17) is 45.6 Å². The summed E-state index contributed by atoms with van der Waals surface area (Å²) in [6.45, 7) is 23.9. The molecule has 4 aromatic heterocycles. The van der Waals surface area contributed by atoms with E-state index in [2.05, 4.69) is 105 Å². The number of anilines is 4. The van der Waals surface area contributed by atoms with E-state index >= 15 is 0 Å². The van der Waals surface area contributed by atoms with E-state index in [-0.39, 0.29) is 27.7 Å². The standard InChI is InChI=1S/3C26H28ClN3O3.C20H25N3O3/c1-2-19-13-23(26(32)33)25(31)29-24(19)20-5-9-22(10-6-20)30-12-11-18(16-30)15-28-14-17-3-7-21(27)8-4-17;1-2-19-13-23(26(32)33)25(31)29-24(19)20-6-8-22(9-7-20)30-11-10-18(16-30)15-28-14-17-4-3-5-21(27)12-17;1-2-18-13-22(26(32)33)25(31)29-24(18)19-7-9-21(10-8-19)30-12-11-17(16-30)14-28-15-20-5-3-4-6-23(20)27;1-3-13-10-16(19(25)26)18(24)22-17(13)14-4-6-15(7-5-14)23-9-8-20(2,11-21)12-23/h3-10,13,18,28H,2,11-12,14-16H2,1H3,(H,29,31)(H,32,33);3-9,12-13,18,28H,2,10-11,14-16H2,1H3,(H,29,31)(H,32,33);3-10,13,17,28H,2,11-12,14-16H2,1H3,(H,29,31)(H,32,33);4-7,10H,3,8-9,11-12,21H2,1-2H3,(H,22,24)(H,25,26). The van der Waals surface area contributed by atoms with Crippen LogP contribution in [0.25, 0.3) is 45.0 Å². The summed E-state index contributed by atoms with van der Waals surface area (Å²) in [5.41, 5.74) is 20.5. The van der Waals surface area contributed by atoms with Crippen LogP contribution in [0, 0.1) is 23.2 Å². The molecule has 4 atom stereocenters. The highest BCUT2D eigenvalue weighted by Crippen LogP contribution is 2.36. The molecule has 0 amide bonds. The normalized spacial score (nSPS) is 16.5. The van der Waals surface area contributed by atoms with E-state index in [0.717, 1.165) is 205 Å². The molecule has 4 aliphatic heterocycles. The third-order valence-corrected chi connectivity index (χ3v) is 24.8. The van der Waals surface area contributed by atoms with Crippen LogP contribution in [0.2, 0.25) is 15.1 Å². The first-order chi connectivity index (χ1) is 60.2. The van der Waals surface area contributed by atoms with Crippen LogP contribution in [0.15, 0.2) is 213 Å². The quantitative estimate of drug-likeness (QED) is 0.0207. The van der Waals surface area contributed by atoms with Crippen LogP contribution in [0.1, 0.15) is 141 Å². The number of aromatic amines is 4. The summed E-state index contributed by atoms with van der Waals surface area (Å²) in [4.78, 5) is 114. The van der Waals surface area contributed by atoms with E-state index in [1.807, 2.05) is 155 Å². The van der Waals surface area contributed by atoms with E-state index < -0.39 is 46.1 Å². The number of aromatic nitrogens is 4. The number of nitrogens with zero attached hydrogens (tertiary/aromatic N) is 4. The van der Waals surface area contributed by atoms with Crippen LogP contribution < -0.4 is 63.5 Å². The van der Waals surface area contributed by atoms with Crippen molar-refractivity contribution < 1.29 is 39.6 Å². The zero-order chi connectivity index (χ0) is 89.0. The topological polar surface area (TPSA) is 356 Å². The zero-order valence-corrected chi connectivity index (χ0v) is 73.3. The zero-order valence-electron chi connectivity index (χ0n) is 71.0. The second-order valence-electron chi connectivity index (χ2n) is 32.7. The molecule has 0 bridgehead atoms. The minimum Gasteiger partial charge on any atom is -0.477 e. The lowest BCUT2D eigenvalue weighted by atomic mass is 9.90. The third-order valence-electron chi connectivity index (χ3n) is 24.0. The number of H-pyrrole nitrogens is 4. The summed E-state index contributed by atoms with van der Waals surface area (Å²) >= 11 is 18.2. The van der Waals surface area contributed by atoms with Crippen LogP contribution in [0.4, 0.5) is 22.7 Å². The molecule has 0 spiro atoms. The number of rotatable bonds is 29. The number of aromatic carboxylic acids is 4. The molecule has 24 nitrogen and oxygen atoms in total. The minimum absolute atomic E-state index is 0.159. The first-order valence-corrected chi connectivity index (χ1v) is 43.8. The Hall–Kier alpha value is -11.9. The van der Waals surface area contributed by atoms with Gasteiger partial charge in [-0.2, -0.15) is 0 Å². The first-order valence-electron chi connectivity index (χ1n) is 42.7. The largest absolute Gasteiger partial charge is 0.477 e. The molecule has 0 aliphatic carbocycles. The molecule has 27 heteroatoms. The molecular weight excluding hydrogens is 1640 g/mol. The van der Waals surface area contributed by atoms with Gasteiger partial charge in [0.05, 0.1) is 22.8 Å². The highest BCUT2D eigenvalue weighted by molar-refractivity contribution is 6.31. The fourth-order valence-corrected chi connectivity index (χ4v) is 17.2. The molecule has 654 valence electrons. The lowest BCUT2D eigenvalue weighted by Gasteiger charge is -2.24. The van der Waals surface area contributed by atoms with Gasteiger partial charge in [-0.3, -0.25) is 19.2 Å². The molecule has 8 heterocycles. The number of carbonyl (C=O) groups is 4. The molecule has 0 radical (unpaired) electrons. The Kier molecular flexibility index (Phi) is 31.9. The lowest BCUT2D eigenvalue weighted by molar-refractivity contribution is 0.0684. The van der Waals surface area contributed by atoms with Crippen LogP contribution in [-0.4, -0.2) is 143 Å². The molecule has 7 aromatic carbocycles. The number of halogens is 3. The summed E-state index contributed by atoms with van der Waals surface area (Å²) < 4.78 is 0. The average molecular weight is 1750 g/mol. The number of hydrogen-bond acceptors (Lipinski definition) is 16. The van der Waals surface area contributed by atoms with E-state index in [1.165, 1.54) is 35.4 Å². The van der Waals surface area contributed by atoms with Crippen molar-refractivity contribution in [3.05, 3.63) is 312 Å². The molecular formula is C98H109Cl3N12O12. The molecule has 15 rings (SSSR count). The first kappa shape index (κ1) is 92.3. The van der Waals surface area contributed by atoms with E-state index in [0.29, 0.717) is 72.8 Å². The molecule has 4 saturated heterocycles. The van der Waals surface area contributed by atoms with Crippen molar-refractivity contribution in [3.63, 3.8) is 0 Å². The molecule has 0 saturated carbocycles. The van der Waals surface area contributed by atoms with Gasteiger partial charge < -0.3 is 81.6 Å². The Bertz CT molecular complexity index is 5850. The second-order valence-corrected chi connectivity index (χ2v) is 34.0. The Morgan fingerprint density at radius 1 is 0.392 bits per heavy atom. The molecule has 125 heavy (non-hydrogen) atoms. The highest BCUT2D eigenvalue weighted by atomic mass is 35.5. The van der Waals surface area contributed by atoms with Gasteiger partial charge in [-0.05, 0) is 245 Å². The van der Waals surface area contributed by atoms with Crippen LogP contribution in [0.5, 0.6) is 0 Å². The van der Waals surface area contributed by atoms with Crippen LogP contribution in [-0.2, 0) is 45.3 Å². The van der Waals surface area contributed by atoms with Crippen molar-refractivity contribution >= 4 is 81.4 Å². The lowest BCUT2D eigenvalue weighted by Crippen LogP contribution is -2.31. The average Bonchev–Trinajstić information content (AvgIpc) is 1.80. The molecule has 13 N–H and O–H groups in total. The van der Waals surface area contributed by atoms with Crippen LogP contribution in [0.3, 0.4) is 0 Å². The fraction of sp³-hybridized carbons (Fsp3) is 0.327. The predicted octanol–water partition coefficient (Wildman–Crippen LogP) is 16.2. The van der Waals surface area contributed by atoms with Gasteiger partial charge in [-0.25, -0.2) is 19.2 Å². The van der Waals surface area contributed by atoms with Gasteiger partial charge >= 0.3 is 23.9 Å². The number of hydrogen-bond donors (Lipinski definition) is 12. The molecule has 4 fully saturated rings. The van der Waals surface area contributed by atoms with Gasteiger partial charge in [0, 0.05) is 129 Å². The van der Waals surface area contributed by atoms with Crippen LogP contribution >= 0.6 is 34.8 Å². The summed E-state index contributed by atoms with van der Waals surface area (Å²) in [5.74, 6) is -3.10. The van der Waals surface area contributed by atoms with Crippen molar-refractivity contribution in [1.29, 1.82) is 0 Å². The second kappa shape index (κ2) is 43.2. The van der Waals surface area contributed by atoms with Gasteiger partial charge in [0.25, 0.3) is 22.2 Å². The maximum absolute atomic E-state index is 12.2. The number of pyridine rings is 4. The maximum Gasteiger partial charge on any atom is 0.341 e. The Labute approximate surface area is 741 Å².